The van der Waals surface area contributed by atoms with E-state index in [0.29, 0.717) is 0 Å². The van der Waals surface area contributed by atoms with Crippen LogP contribution in [0.2, 0.25) is 0 Å². The van der Waals surface area contributed by atoms with Gasteiger partial charge >= 0.3 is 14.3 Å². The quantitative estimate of drug-likeness (QED) is 0.116. The highest BCUT2D eigenvalue weighted by Crippen LogP contribution is 2.56. The number of imidazole rings is 2. The van der Waals surface area contributed by atoms with Crippen LogP contribution in [0.3, 0.4) is 0 Å². The second-order valence-corrected chi connectivity index (χ2v) is 15.3. The van der Waals surface area contributed by atoms with Gasteiger partial charge in [-0.2, -0.15) is 9.97 Å². The third-order valence-corrected chi connectivity index (χ3v) is 10.7. The lowest BCUT2D eigenvalue weighted by molar-refractivity contribution is -0.0583. The van der Waals surface area contributed by atoms with E-state index in [1.54, 1.807) is 0 Å². The van der Waals surface area contributed by atoms with Crippen molar-refractivity contribution in [2.75, 3.05) is 24.7 Å². The van der Waals surface area contributed by atoms with Gasteiger partial charge in [-0.1, -0.05) is 6.58 Å². The lowest BCUT2D eigenvalue weighted by Gasteiger charge is -2.30. The second-order valence-electron chi connectivity index (χ2n) is 10.6. The van der Waals surface area contributed by atoms with Crippen LogP contribution in [0.4, 0.5) is 11.9 Å². The van der Waals surface area contributed by atoms with Crippen LogP contribution in [0, 0.1) is 0 Å². The number of nitrogens with two attached hydrogens (primary N) is 2. The standard InChI is InChI=1S/C22H26N10O12P2S/c1-2-45(37)39-3-7-14(12(34)20(41-7)32-6-26-10-16(32)28-22(24)30-18(10)36)44-46(38,47)40-4-8-13(43-45)11(33)19(42-8)31-5-25-9-15(31)27-21(23)29-17(9)35/h2,5-8,11-14,19-20,33-34H,1,3-4H2,(H,38,47)(H3,23,27,29,35)(H3,24,28,30,36)/t7-,8-,11-,12-,13-,14-,19-,20-,45+,46?/m1/s1. The van der Waals surface area contributed by atoms with Gasteiger partial charge in [0.15, 0.2) is 34.8 Å². The number of ether oxygens (including phenoxy) is 2. The van der Waals surface area contributed by atoms with Gasteiger partial charge in [-0.15, -0.1) is 0 Å². The number of aliphatic hydroxyl groups excluding tert-OH is 2. The third kappa shape index (κ3) is 5.63. The number of aliphatic hydroxyl groups is 2. The first-order valence-corrected chi connectivity index (χ1v) is 17.8. The maximum atomic E-state index is 13.8. The van der Waals surface area contributed by atoms with Crippen molar-refractivity contribution in [2.24, 2.45) is 0 Å². The zero-order valence-electron chi connectivity index (χ0n) is 23.6. The number of aromatic amines is 2. The molecule has 0 radical (unpaired) electrons. The Balaban J connectivity index is 1.19. The Morgan fingerprint density at radius 3 is 1.85 bits per heavy atom. The monoisotopic (exact) mass is 716 g/mol. The molecule has 3 aliphatic heterocycles. The summed E-state index contributed by atoms with van der Waals surface area (Å²) in [5.74, 6) is 0.444. The molecule has 0 bridgehead atoms. The molecule has 252 valence electrons. The zero-order chi connectivity index (χ0) is 33.4. The van der Waals surface area contributed by atoms with Crippen molar-refractivity contribution < 1.29 is 47.2 Å². The largest absolute Gasteiger partial charge is 0.386 e. The summed E-state index contributed by atoms with van der Waals surface area (Å²) in [4.78, 5) is 56.4. The van der Waals surface area contributed by atoms with Crippen LogP contribution in [-0.4, -0.2) is 104 Å². The number of nitrogens with zero attached hydrogens (tertiary/aromatic N) is 6. The number of rotatable bonds is 3. The summed E-state index contributed by atoms with van der Waals surface area (Å²) >= 11 is 5.22. The number of anilines is 2. The molecule has 0 amide bonds. The van der Waals surface area contributed by atoms with Gasteiger partial charge in [0, 0.05) is 5.82 Å². The van der Waals surface area contributed by atoms with Crippen molar-refractivity contribution in [2.45, 2.75) is 49.1 Å². The maximum Gasteiger partial charge on any atom is 0.354 e. The van der Waals surface area contributed by atoms with Crippen LogP contribution >= 0.6 is 14.3 Å². The van der Waals surface area contributed by atoms with Gasteiger partial charge in [-0.05, 0) is 11.8 Å². The summed E-state index contributed by atoms with van der Waals surface area (Å²) in [7, 11) is -4.29. The van der Waals surface area contributed by atoms with E-state index < -0.39 is 87.7 Å². The zero-order valence-corrected chi connectivity index (χ0v) is 26.2. The lowest BCUT2D eigenvalue weighted by atomic mass is 10.1. The summed E-state index contributed by atoms with van der Waals surface area (Å²) in [6, 6.07) is 0. The average Bonchev–Trinajstić information content (AvgIpc) is 3.76. The molecule has 25 heteroatoms. The molecule has 7 rings (SSSR count). The molecule has 7 heterocycles. The van der Waals surface area contributed by atoms with Crippen LogP contribution in [0.15, 0.2) is 34.6 Å². The van der Waals surface area contributed by atoms with Crippen LogP contribution in [0.1, 0.15) is 12.5 Å². The Bertz CT molecular complexity index is 2100. The minimum absolute atomic E-state index is 0.0324. The number of nitrogens with one attached hydrogen (secondary N) is 2. The van der Waals surface area contributed by atoms with Gasteiger partial charge in [0.2, 0.25) is 11.9 Å². The Labute approximate surface area is 266 Å². The molecular weight excluding hydrogens is 690 g/mol. The topological polar surface area (TPSA) is 312 Å². The lowest BCUT2D eigenvalue weighted by Crippen LogP contribution is -2.39. The highest BCUT2D eigenvalue weighted by molar-refractivity contribution is 8.07. The fourth-order valence-electron chi connectivity index (χ4n) is 5.51. The maximum absolute atomic E-state index is 13.8. The molecule has 1 unspecified atom stereocenters. The normalized spacial score (nSPS) is 36.5. The Hall–Kier alpha value is -3.44. The highest BCUT2D eigenvalue weighted by Gasteiger charge is 2.53. The minimum atomic E-state index is -4.29. The molecule has 10 atom stereocenters. The van der Waals surface area contributed by atoms with E-state index in [9.17, 15) is 29.3 Å². The molecular formula is C22H26N10O12P2S. The molecule has 3 saturated heterocycles. The third-order valence-electron chi connectivity index (χ3n) is 7.64. The molecule has 3 aliphatic rings. The van der Waals surface area contributed by atoms with Crippen LogP contribution < -0.4 is 22.6 Å². The number of H-pyrrole nitrogens is 2. The molecule has 0 aliphatic carbocycles. The fourth-order valence-corrected chi connectivity index (χ4v) is 8.16. The summed E-state index contributed by atoms with van der Waals surface area (Å²) < 4.78 is 50.9. The van der Waals surface area contributed by atoms with Crippen LogP contribution in [-0.2, 0) is 43.9 Å². The molecule has 0 spiro atoms. The van der Waals surface area contributed by atoms with Crippen molar-refractivity contribution in [3.05, 3.63) is 45.8 Å². The molecule has 9 N–H and O–H groups in total. The smallest absolute Gasteiger partial charge is 0.354 e. The molecule has 0 aromatic carbocycles. The first kappa shape index (κ1) is 32.1. The number of hydrogen-bond acceptors (Lipinski definition) is 18. The molecule has 0 saturated carbocycles. The van der Waals surface area contributed by atoms with Gasteiger partial charge in [0.25, 0.3) is 11.1 Å². The van der Waals surface area contributed by atoms with Crippen molar-refractivity contribution in [3.8, 4) is 0 Å². The highest BCUT2D eigenvalue weighted by atomic mass is 32.5. The Morgan fingerprint density at radius 2 is 1.36 bits per heavy atom. The van der Waals surface area contributed by atoms with E-state index in [2.05, 4.69) is 36.5 Å². The number of nitrogen functional groups attached to an aromatic ring is 2. The van der Waals surface area contributed by atoms with E-state index >= 15 is 0 Å². The molecule has 22 nitrogen and oxygen atoms in total. The van der Waals surface area contributed by atoms with Crippen LogP contribution in [0.25, 0.3) is 22.3 Å². The summed E-state index contributed by atoms with van der Waals surface area (Å²) in [5.41, 5.74) is 9.83. The Morgan fingerprint density at radius 1 is 0.894 bits per heavy atom. The first-order chi connectivity index (χ1) is 22.3. The van der Waals surface area contributed by atoms with E-state index in [1.807, 2.05) is 0 Å². The molecule has 4 aromatic rings. The molecule has 3 fully saturated rings. The van der Waals surface area contributed by atoms with Crippen molar-refractivity contribution in [3.63, 3.8) is 0 Å². The van der Waals surface area contributed by atoms with Gasteiger partial charge in [0.05, 0.1) is 25.9 Å². The van der Waals surface area contributed by atoms with Gasteiger partial charge < -0.3 is 45.1 Å². The fraction of sp³-hybridized carbons (Fsp3) is 0.455. The predicted molar refractivity (Wildman–Crippen MR) is 161 cm³/mol. The van der Waals surface area contributed by atoms with Crippen molar-refractivity contribution >= 4 is 60.3 Å². The van der Waals surface area contributed by atoms with Gasteiger partial charge in [-0.25, -0.2) is 9.97 Å². The van der Waals surface area contributed by atoms with Crippen LogP contribution in [0.5, 0.6) is 0 Å². The molecule has 47 heavy (non-hydrogen) atoms. The van der Waals surface area contributed by atoms with E-state index in [4.69, 9.17) is 50.8 Å². The number of hydrogen-bond donors (Lipinski definition) is 7. The number of fused-ring (bicyclic) bond motifs is 4. The Kier molecular flexibility index (Phi) is 7.94. The van der Waals surface area contributed by atoms with Gasteiger partial charge in [0.1, 0.15) is 36.6 Å². The summed E-state index contributed by atoms with van der Waals surface area (Å²) in [6.07, 6.45) is -8.98. The number of aromatic nitrogens is 8. The molecule has 4 aromatic heterocycles. The van der Waals surface area contributed by atoms with E-state index in [1.165, 1.54) is 21.8 Å². The van der Waals surface area contributed by atoms with E-state index in [0.717, 1.165) is 5.82 Å². The van der Waals surface area contributed by atoms with Crippen molar-refractivity contribution in [1.82, 2.24) is 39.0 Å². The summed E-state index contributed by atoms with van der Waals surface area (Å²) in [6.45, 7) is -1.86. The summed E-state index contributed by atoms with van der Waals surface area (Å²) in [5, 5.41) is 22.6. The average molecular weight is 717 g/mol. The predicted octanol–water partition coefficient (Wildman–Crippen LogP) is -1.70. The first-order valence-electron chi connectivity index (χ1n) is 13.6. The van der Waals surface area contributed by atoms with Crippen molar-refractivity contribution in [1.29, 1.82) is 0 Å². The minimum Gasteiger partial charge on any atom is -0.386 e. The van der Waals surface area contributed by atoms with E-state index in [-0.39, 0.29) is 34.2 Å². The SMILES string of the molecule is C=C[P@]1(=O)OC[C@H]2O[C@@H](n3cnc4c(=O)[nH]c(N)nc43)[C@H](O)[C@@H]2OP(O)(=S)OC[C@H]2O[C@@H](n3cnc4c(=O)[nH]c(N)nc43)[C@H](O)[C@@H]2O1. The van der Waals surface area contributed by atoms with Gasteiger partial charge in [-0.3, -0.25) is 42.3 Å². The second kappa shape index (κ2) is 11.6.